The number of amides is 2. The van der Waals surface area contributed by atoms with Crippen molar-refractivity contribution < 1.29 is 14.3 Å². The first kappa shape index (κ1) is 26.3. The minimum Gasteiger partial charge on any atom is -0.445 e. The standard InChI is InChI=1S/C31H32N2O3S/c1-2-22-36-30(35)33-23-28(20-18-27(33)19-21-29(32)34)37-31(24-12-6-3-7-13-24,25-14-8-4-9-15-25)26-16-10-5-11-17-26/h2-17,19,21,27-28H,1,18,20,22-23H2,(H2,32,34)/b21-19+/t27-,28+/m1/s1. The summed E-state index contributed by atoms with van der Waals surface area (Å²) in [7, 11) is 0. The van der Waals surface area contributed by atoms with Gasteiger partial charge in [0.25, 0.3) is 0 Å². The molecular weight excluding hydrogens is 480 g/mol. The number of nitrogens with two attached hydrogens (primary N) is 1. The van der Waals surface area contributed by atoms with Gasteiger partial charge >= 0.3 is 6.09 Å². The van der Waals surface area contributed by atoms with Crippen molar-refractivity contribution >= 4 is 23.8 Å². The topological polar surface area (TPSA) is 72.6 Å². The van der Waals surface area contributed by atoms with Crippen molar-refractivity contribution in [3.05, 3.63) is 132 Å². The van der Waals surface area contributed by atoms with Gasteiger partial charge in [-0.15, -0.1) is 11.8 Å². The number of thioether (sulfide) groups is 1. The number of rotatable bonds is 9. The van der Waals surface area contributed by atoms with Crippen molar-refractivity contribution in [3.8, 4) is 0 Å². The molecule has 0 radical (unpaired) electrons. The fraction of sp³-hybridized carbons (Fsp3) is 0.226. The van der Waals surface area contributed by atoms with Crippen molar-refractivity contribution in [1.29, 1.82) is 0 Å². The Morgan fingerprint density at radius 1 is 0.919 bits per heavy atom. The third-order valence-corrected chi connectivity index (χ3v) is 8.29. The molecule has 3 aromatic carbocycles. The van der Waals surface area contributed by atoms with Crippen LogP contribution < -0.4 is 5.73 Å². The maximum Gasteiger partial charge on any atom is 0.410 e. The summed E-state index contributed by atoms with van der Waals surface area (Å²) in [5, 5.41) is 0.107. The number of nitrogens with zero attached hydrogens (tertiary/aromatic N) is 1. The van der Waals surface area contributed by atoms with Gasteiger partial charge in [0.15, 0.2) is 0 Å². The van der Waals surface area contributed by atoms with E-state index < -0.39 is 16.7 Å². The minimum absolute atomic E-state index is 0.107. The maximum absolute atomic E-state index is 13.0. The second kappa shape index (κ2) is 12.5. The normalized spacial score (nSPS) is 17.9. The van der Waals surface area contributed by atoms with Crippen LogP contribution in [0.4, 0.5) is 4.79 Å². The van der Waals surface area contributed by atoms with Gasteiger partial charge in [-0.25, -0.2) is 4.79 Å². The molecule has 1 saturated heterocycles. The van der Waals surface area contributed by atoms with Crippen molar-refractivity contribution in [1.82, 2.24) is 4.90 Å². The highest BCUT2D eigenvalue weighted by Crippen LogP contribution is 2.51. The maximum atomic E-state index is 13.0. The van der Waals surface area contributed by atoms with E-state index in [2.05, 4.69) is 79.4 Å². The van der Waals surface area contributed by atoms with E-state index in [1.54, 1.807) is 17.1 Å². The van der Waals surface area contributed by atoms with Crippen LogP contribution in [0.5, 0.6) is 0 Å². The molecule has 3 aromatic rings. The van der Waals surface area contributed by atoms with Crippen molar-refractivity contribution in [2.75, 3.05) is 13.2 Å². The van der Waals surface area contributed by atoms with Gasteiger partial charge in [0.2, 0.25) is 5.91 Å². The molecule has 0 saturated carbocycles. The monoisotopic (exact) mass is 512 g/mol. The summed E-state index contributed by atoms with van der Waals surface area (Å²) in [4.78, 5) is 26.1. The number of hydrogen-bond donors (Lipinski definition) is 1. The Balaban J connectivity index is 1.75. The lowest BCUT2D eigenvalue weighted by Crippen LogP contribution is -2.48. The molecule has 0 aliphatic carbocycles. The molecule has 37 heavy (non-hydrogen) atoms. The fourth-order valence-electron chi connectivity index (χ4n) is 4.86. The lowest BCUT2D eigenvalue weighted by Gasteiger charge is -2.43. The van der Waals surface area contributed by atoms with Gasteiger partial charge in [-0.05, 0) is 29.5 Å². The van der Waals surface area contributed by atoms with Gasteiger partial charge in [-0.3, -0.25) is 4.79 Å². The summed E-state index contributed by atoms with van der Waals surface area (Å²) < 4.78 is 4.92. The largest absolute Gasteiger partial charge is 0.445 e. The van der Waals surface area contributed by atoms with Crippen LogP contribution >= 0.6 is 11.8 Å². The van der Waals surface area contributed by atoms with Crippen LogP contribution in [0.1, 0.15) is 29.5 Å². The smallest absolute Gasteiger partial charge is 0.410 e. The number of likely N-dealkylation sites (tertiary alicyclic amines) is 1. The van der Waals surface area contributed by atoms with E-state index in [0.29, 0.717) is 13.0 Å². The average Bonchev–Trinajstić information content (AvgIpc) is 2.95. The molecule has 5 nitrogen and oxygen atoms in total. The number of carbonyl (C=O) groups is 2. The Kier molecular flexibility index (Phi) is 8.86. The molecule has 0 spiro atoms. The van der Waals surface area contributed by atoms with Crippen LogP contribution in [0, 0.1) is 0 Å². The van der Waals surface area contributed by atoms with Gasteiger partial charge in [-0.1, -0.05) is 110 Å². The molecule has 1 aliphatic heterocycles. The van der Waals surface area contributed by atoms with Crippen LogP contribution in [0.15, 0.2) is 116 Å². The molecule has 1 fully saturated rings. The Hall–Kier alpha value is -3.77. The minimum atomic E-state index is -0.535. The van der Waals surface area contributed by atoms with Gasteiger partial charge in [0, 0.05) is 17.9 Å². The van der Waals surface area contributed by atoms with Gasteiger partial charge < -0.3 is 15.4 Å². The molecule has 1 heterocycles. The molecule has 190 valence electrons. The molecular formula is C31H32N2O3S. The highest BCUT2D eigenvalue weighted by atomic mass is 32.2. The third kappa shape index (κ3) is 6.15. The van der Waals surface area contributed by atoms with Crippen molar-refractivity contribution in [2.45, 2.75) is 28.9 Å². The molecule has 2 N–H and O–H groups in total. The predicted octanol–water partition coefficient (Wildman–Crippen LogP) is 5.91. The number of ether oxygens (including phenoxy) is 1. The Bertz CT molecular complexity index is 1120. The fourth-order valence-corrected chi connectivity index (χ4v) is 6.66. The number of piperidine rings is 1. The van der Waals surface area contributed by atoms with E-state index in [0.717, 1.165) is 6.42 Å². The number of primary amides is 1. The van der Waals surface area contributed by atoms with Crippen LogP contribution in [0.3, 0.4) is 0 Å². The quantitative estimate of drug-likeness (QED) is 0.220. The highest BCUT2D eigenvalue weighted by molar-refractivity contribution is 8.01. The van der Waals surface area contributed by atoms with Gasteiger partial charge in [0.05, 0.1) is 10.8 Å². The van der Waals surface area contributed by atoms with E-state index in [4.69, 9.17) is 10.5 Å². The van der Waals surface area contributed by atoms with Gasteiger partial charge in [0.1, 0.15) is 6.61 Å². The Morgan fingerprint density at radius 3 is 1.89 bits per heavy atom. The summed E-state index contributed by atoms with van der Waals surface area (Å²) in [5.74, 6) is -0.535. The van der Waals surface area contributed by atoms with E-state index in [9.17, 15) is 9.59 Å². The van der Waals surface area contributed by atoms with Crippen LogP contribution in [-0.4, -0.2) is 41.3 Å². The zero-order valence-corrected chi connectivity index (χ0v) is 21.6. The molecule has 2 amide bonds. The Labute approximate surface area is 223 Å². The van der Waals surface area contributed by atoms with E-state index in [-0.39, 0.29) is 17.9 Å². The molecule has 0 bridgehead atoms. The molecule has 1 aliphatic rings. The van der Waals surface area contributed by atoms with Crippen molar-refractivity contribution in [3.63, 3.8) is 0 Å². The molecule has 6 heteroatoms. The van der Waals surface area contributed by atoms with E-state index in [1.807, 2.05) is 30.0 Å². The van der Waals surface area contributed by atoms with E-state index >= 15 is 0 Å². The summed E-state index contributed by atoms with van der Waals surface area (Å²) in [6.07, 6.45) is 5.71. The number of carbonyl (C=O) groups excluding carboxylic acids is 2. The zero-order chi connectivity index (χ0) is 26.1. The first-order valence-electron chi connectivity index (χ1n) is 12.4. The van der Waals surface area contributed by atoms with E-state index in [1.165, 1.54) is 22.8 Å². The lowest BCUT2D eigenvalue weighted by molar-refractivity contribution is -0.113. The summed E-state index contributed by atoms with van der Waals surface area (Å²) in [5.41, 5.74) is 8.86. The third-order valence-electron chi connectivity index (χ3n) is 6.51. The number of benzene rings is 3. The Morgan fingerprint density at radius 2 is 1.43 bits per heavy atom. The first-order valence-corrected chi connectivity index (χ1v) is 13.3. The average molecular weight is 513 g/mol. The number of hydrogen-bond acceptors (Lipinski definition) is 4. The second-order valence-electron chi connectivity index (χ2n) is 8.94. The molecule has 0 unspecified atom stereocenters. The van der Waals surface area contributed by atoms with Crippen molar-refractivity contribution in [2.24, 2.45) is 5.73 Å². The highest BCUT2D eigenvalue weighted by Gasteiger charge is 2.42. The molecule has 2 atom stereocenters. The zero-order valence-electron chi connectivity index (χ0n) is 20.7. The van der Waals surface area contributed by atoms with Gasteiger partial charge in [-0.2, -0.15) is 0 Å². The SMILES string of the molecule is C=CCOC(=O)N1C[C@@H](SC(c2ccccc2)(c2ccccc2)c2ccccc2)CC[C@@H]1/C=C/C(N)=O. The van der Waals surface area contributed by atoms with Crippen LogP contribution in [-0.2, 0) is 14.3 Å². The summed E-state index contributed by atoms with van der Waals surface area (Å²) in [6, 6.07) is 31.3. The second-order valence-corrected chi connectivity index (χ2v) is 10.5. The van der Waals surface area contributed by atoms with Crippen LogP contribution in [0.25, 0.3) is 0 Å². The molecule has 0 aromatic heterocycles. The molecule has 4 rings (SSSR count). The first-order chi connectivity index (χ1) is 18.0. The predicted molar refractivity (Wildman–Crippen MR) is 150 cm³/mol. The lowest BCUT2D eigenvalue weighted by atomic mass is 9.84. The summed E-state index contributed by atoms with van der Waals surface area (Å²) >= 11 is 1.86. The summed E-state index contributed by atoms with van der Waals surface area (Å²) in [6.45, 7) is 4.25. The van der Waals surface area contributed by atoms with Crippen LogP contribution in [0.2, 0.25) is 0 Å².